The van der Waals surface area contributed by atoms with E-state index in [0.717, 1.165) is 13.8 Å². The van der Waals surface area contributed by atoms with E-state index in [2.05, 4.69) is 5.32 Å². The lowest BCUT2D eigenvalue weighted by molar-refractivity contribution is -0.346. The predicted octanol–water partition coefficient (Wildman–Crippen LogP) is 3.73. The standard InChI is InChI=1S/C44H59NO15/c1-21(2)16-27(45-39(53)60-40(7,8)9)32(49)38(52)57-28-19-44(54)36(58-37(51)26-15-13-14-22(3)17-26)34-42(12,29(48)18-30-43(34,20-55-30)59-25(6)47)35(50)33(56-24(5)46)31(23(28)4)41(44,10)11/h13-17,27-30,32-34,36,48-49,54H,18-20H2,1-12H3,(H,45,53)/t27-,28-,29-,30+,32+,33+,34-,36-,42+,43-,44+/m0/s1. The van der Waals surface area contributed by atoms with Crippen LogP contribution >= 0.6 is 0 Å². The van der Waals surface area contributed by atoms with Crippen LogP contribution in [0, 0.1) is 23.7 Å². The second-order valence-electron chi connectivity index (χ2n) is 18.5. The zero-order chi connectivity index (χ0) is 45.1. The van der Waals surface area contributed by atoms with Crippen LogP contribution < -0.4 is 5.32 Å². The van der Waals surface area contributed by atoms with Crippen LogP contribution in [0.3, 0.4) is 0 Å². The van der Waals surface area contributed by atoms with Crippen LogP contribution in [0.5, 0.6) is 0 Å². The van der Waals surface area contributed by atoms with Crippen molar-refractivity contribution in [3.8, 4) is 0 Å². The summed E-state index contributed by atoms with van der Waals surface area (Å²) in [6, 6.07) is 5.10. The van der Waals surface area contributed by atoms with Crippen molar-refractivity contribution in [2.45, 2.75) is 155 Å². The summed E-state index contributed by atoms with van der Waals surface area (Å²) in [5.41, 5.74) is -7.21. The van der Waals surface area contributed by atoms with Crippen LogP contribution in [0.15, 0.2) is 47.1 Å². The smallest absolute Gasteiger partial charge is 0.408 e. The molecule has 11 atom stereocenters. The quantitative estimate of drug-likeness (QED) is 0.158. The van der Waals surface area contributed by atoms with Gasteiger partial charge in [0.2, 0.25) is 0 Å². The number of aliphatic hydroxyl groups is 3. The van der Waals surface area contributed by atoms with E-state index in [1.165, 1.54) is 26.0 Å². The van der Waals surface area contributed by atoms with Gasteiger partial charge in [-0.05, 0) is 78.7 Å². The first-order valence-electron chi connectivity index (χ1n) is 20.1. The van der Waals surface area contributed by atoms with Crippen LogP contribution in [0.1, 0.15) is 105 Å². The van der Waals surface area contributed by atoms with Crippen LogP contribution in [-0.4, -0.2) is 117 Å². The second-order valence-corrected chi connectivity index (χ2v) is 18.5. The fraction of sp³-hybridized carbons (Fsp3) is 0.636. The number of alkyl carbamates (subject to hydrolysis) is 1. The van der Waals surface area contributed by atoms with Crippen LogP contribution in [0.2, 0.25) is 0 Å². The maximum atomic E-state index is 15.4. The lowest BCUT2D eigenvalue weighted by Crippen LogP contribution is -2.82. The summed E-state index contributed by atoms with van der Waals surface area (Å²) >= 11 is 0. The van der Waals surface area contributed by atoms with E-state index >= 15 is 4.79 Å². The van der Waals surface area contributed by atoms with Crippen molar-refractivity contribution in [3.63, 3.8) is 0 Å². The van der Waals surface area contributed by atoms with Gasteiger partial charge < -0.3 is 49.1 Å². The summed E-state index contributed by atoms with van der Waals surface area (Å²) in [5, 5.41) is 39.6. The number of esters is 4. The molecule has 4 aliphatic rings. The molecule has 3 aliphatic carbocycles. The Hall–Kier alpha value is -4.64. The molecule has 2 bridgehead atoms. The number of ether oxygens (including phenoxy) is 6. The molecule has 60 heavy (non-hydrogen) atoms. The molecule has 3 fully saturated rings. The van der Waals surface area contributed by atoms with E-state index < -0.39 is 118 Å². The number of aliphatic hydroxyl groups excluding tert-OH is 2. The first kappa shape index (κ1) is 46.4. The third-order valence-electron chi connectivity index (χ3n) is 12.5. The Kier molecular flexibility index (Phi) is 12.6. The molecule has 1 aromatic carbocycles. The summed E-state index contributed by atoms with van der Waals surface area (Å²) in [6.45, 7) is 18.0. The van der Waals surface area contributed by atoms with E-state index in [1.54, 1.807) is 73.6 Å². The number of carbonyl (C=O) groups is 6. The first-order chi connectivity index (χ1) is 27.6. The lowest BCUT2D eigenvalue weighted by Gasteiger charge is -2.67. The number of rotatable bonds is 9. The molecule has 1 saturated heterocycles. The zero-order valence-corrected chi connectivity index (χ0v) is 36.4. The van der Waals surface area contributed by atoms with E-state index in [9.17, 15) is 39.3 Å². The van der Waals surface area contributed by atoms with Gasteiger partial charge >= 0.3 is 30.0 Å². The highest BCUT2D eigenvalue weighted by Gasteiger charge is 2.78. The number of fused-ring (bicyclic) bond motifs is 5. The molecule has 0 radical (unpaired) electrons. The van der Waals surface area contributed by atoms with Crippen LogP contribution in [-0.2, 0) is 47.6 Å². The molecule has 1 amide bonds. The number of nitrogens with one attached hydrogen (secondary N) is 1. The predicted molar refractivity (Wildman–Crippen MR) is 212 cm³/mol. The van der Waals surface area contributed by atoms with Crippen LogP contribution in [0.25, 0.3) is 0 Å². The Morgan fingerprint density at radius 1 is 0.983 bits per heavy atom. The van der Waals surface area contributed by atoms with Gasteiger partial charge in [0.1, 0.15) is 29.5 Å². The number of amides is 1. The van der Waals surface area contributed by atoms with Crippen molar-refractivity contribution in [1.29, 1.82) is 0 Å². The number of Topliss-reactive ketones (excluding diaryl/α,β-unsaturated/α-hetero) is 1. The van der Waals surface area contributed by atoms with Gasteiger partial charge in [0.15, 0.2) is 23.6 Å². The fourth-order valence-corrected chi connectivity index (χ4v) is 9.59. The number of hydrogen-bond acceptors (Lipinski definition) is 15. The second kappa shape index (κ2) is 16.3. The SMILES string of the molecule is CC(=O)O[C@H]1C(=O)[C@@]2(C)[C@H]([C@H](OC(=O)c3cccc(C)c3)[C@]3(O)C[C@H](OC(=O)[C@H](O)[C@H](C=C(C)C)NC(=O)OC(C)(C)C)C(C)=C1C3(C)C)[C@]1(OC(C)=O)CO[C@@H]1C[C@@H]2O. The molecule has 0 aromatic heterocycles. The number of ketones is 1. The van der Waals surface area contributed by atoms with Crippen molar-refractivity contribution in [2.75, 3.05) is 6.61 Å². The van der Waals surface area contributed by atoms with Gasteiger partial charge in [-0.2, -0.15) is 0 Å². The molecular formula is C44H59NO15. The monoisotopic (exact) mass is 841 g/mol. The van der Waals surface area contributed by atoms with Gasteiger partial charge in [0, 0.05) is 32.1 Å². The third kappa shape index (κ3) is 8.23. The molecule has 4 N–H and O–H groups in total. The molecule has 1 aliphatic heterocycles. The molecule has 1 heterocycles. The first-order valence-corrected chi connectivity index (χ1v) is 20.1. The van der Waals surface area contributed by atoms with E-state index in [-0.39, 0.29) is 29.7 Å². The maximum absolute atomic E-state index is 15.4. The number of hydrogen-bond donors (Lipinski definition) is 4. The highest BCUT2D eigenvalue weighted by Crippen LogP contribution is 2.64. The minimum atomic E-state index is -2.39. The lowest BCUT2D eigenvalue weighted by atomic mass is 9.44. The summed E-state index contributed by atoms with van der Waals surface area (Å²) in [7, 11) is 0. The molecular weight excluding hydrogens is 782 g/mol. The average Bonchev–Trinajstić information content (AvgIpc) is 3.10. The van der Waals surface area contributed by atoms with Crippen molar-refractivity contribution in [2.24, 2.45) is 16.7 Å². The summed E-state index contributed by atoms with van der Waals surface area (Å²) in [5.74, 6) is -6.26. The van der Waals surface area contributed by atoms with E-state index in [1.807, 2.05) is 0 Å². The summed E-state index contributed by atoms with van der Waals surface area (Å²) in [6.07, 6.45) is -9.99. The van der Waals surface area contributed by atoms with Crippen molar-refractivity contribution >= 4 is 35.8 Å². The summed E-state index contributed by atoms with van der Waals surface area (Å²) < 4.78 is 35.5. The molecule has 1 aromatic rings. The Bertz CT molecular complexity index is 1990. The number of benzene rings is 1. The van der Waals surface area contributed by atoms with Gasteiger partial charge in [-0.25, -0.2) is 14.4 Å². The minimum Gasteiger partial charge on any atom is -0.456 e. The minimum absolute atomic E-state index is 0.00605. The largest absolute Gasteiger partial charge is 0.456 e. The normalized spacial score (nSPS) is 32.8. The van der Waals surface area contributed by atoms with Gasteiger partial charge in [0.05, 0.1) is 35.6 Å². The van der Waals surface area contributed by atoms with E-state index in [4.69, 9.17) is 28.4 Å². The van der Waals surface area contributed by atoms with Gasteiger partial charge in [-0.15, -0.1) is 0 Å². The number of carbonyl (C=O) groups excluding carboxylic acids is 6. The number of aryl methyl sites for hydroxylation is 1. The van der Waals surface area contributed by atoms with E-state index in [0.29, 0.717) is 11.1 Å². The van der Waals surface area contributed by atoms with Crippen molar-refractivity contribution in [3.05, 3.63) is 58.2 Å². The number of allylic oxidation sites excluding steroid dienone is 1. The highest BCUT2D eigenvalue weighted by atomic mass is 16.6. The summed E-state index contributed by atoms with van der Waals surface area (Å²) in [4.78, 5) is 82.5. The maximum Gasteiger partial charge on any atom is 0.408 e. The Morgan fingerprint density at radius 2 is 1.63 bits per heavy atom. The Morgan fingerprint density at radius 3 is 2.17 bits per heavy atom. The molecule has 16 heteroatoms. The highest BCUT2D eigenvalue weighted by molar-refractivity contribution is 5.95. The van der Waals surface area contributed by atoms with Crippen molar-refractivity contribution < 1.29 is 72.5 Å². The zero-order valence-electron chi connectivity index (χ0n) is 36.4. The van der Waals surface area contributed by atoms with Crippen LogP contribution in [0.4, 0.5) is 4.79 Å². The van der Waals surface area contributed by atoms with Gasteiger partial charge in [0.25, 0.3) is 0 Å². The fourth-order valence-electron chi connectivity index (χ4n) is 9.59. The topological polar surface area (TPSA) is 231 Å². The third-order valence-corrected chi connectivity index (χ3v) is 12.5. The molecule has 0 spiro atoms. The molecule has 2 saturated carbocycles. The van der Waals surface area contributed by atoms with Gasteiger partial charge in [-0.3, -0.25) is 14.4 Å². The molecule has 0 unspecified atom stereocenters. The average molecular weight is 842 g/mol. The molecule has 16 nitrogen and oxygen atoms in total. The van der Waals surface area contributed by atoms with Crippen molar-refractivity contribution in [1.82, 2.24) is 5.32 Å². The molecule has 5 rings (SSSR count). The Labute approximate surface area is 349 Å². The molecule has 330 valence electrons. The Balaban J connectivity index is 1.74. The van der Waals surface area contributed by atoms with Gasteiger partial charge in [-0.1, -0.05) is 43.2 Å².